The van der Waals surface area contributed by atoms with Gasteiger partial charge in [-0.25, -0.2) is 0 Å². The summed E-state index contributed by atoms with van der Waals surface area (Å²) >= 11 is 0. The van der Waals surface area contributed by atoms with Gasteiger partial charge < -0.3 is 9.26 Å². The summed E-state index contributed by atoms with van der Waals surface area (Å²) in [6, 6.07) is 11.4. The topological polar surface area (TPSA) is 41.7 Å². The number of rotatable bonds is 5. The number of nitrogens with zero attached hydrogens (tertiary/aromatic N) is 3. The maximum absolute atomic E-state index is 5.74. The first-order valence-electron chi connectivity index (χ1n) is 11.2. The van der Waals surface area contributed by atoms with Crippen LogP contribution in [0.4, 0.5) is 0 Å². The van der Waals surface area contributed by atoms with Crippen molar-refractivity contribution in [2.75, 3.05) is 33.8 Å². The Morgan fingerprint density at radius 3 is 2.57 bits per heavy atom. The highest BCUT2D eigenvalue weighted by Crippen LogP contribution is 2.44. The second-order valence-corrected chi connectivity index (χ2v) is 9.33. The van der Waals surface area contributed by atoms with Gasteiger partial charge >= 0.3 is 0 Å². The fourth-order valence-electron chi connectivity index (χ4n) is 6.00. The summed E-state index contributed by atoms with van der Waals surface area (Å²) in [5.74, 6) is 3.99. The van der Waals surface area contributed by atoms with Crippen LogP contribution >= 0.6 is 12.4 Å². The van der Waals surface area contributed by atoms with Crippen LogP contribution in [0.15, 0.2) is 34.9 Å². The molecule has 5 nitrogen and oxygen atoms in total. The minimum Gasteiger partial charge on any atom is -0.497 e. The van der Waals surface area contributed by atoms with Crippen molar-refractivity contribution in [3.63, 3.8) is 0 Å². The molecule has 1 aromatic heterocycles. The standard InChI is InChI=1S/C24H33N3O2.ClH/c1-26-13-19-14-27(15-21-12-23(25-29-21)17-6-4-3-5-7-17)16-22(19)24(26)18-8-10-20(28-2)11-9-18;/h8-12,17,19,22,24H,3-7,13-16H2,1-2H3;1H/t19-,22+,24+;/m0./s1. The van der Waals surface area contributed by atoms with Crippen LogP contribution in [0.25, 0.3) is 0 Å². The van der Waals surface area contributed by atoms with Crippen molar-refractivity contribution in [1.82, 2.24) is 15.0 Å². The molecule has 0 unspecified atom stereocenters. The Balaban J connectivity index is 0.00000218. The minimum atomic E-state index is 0. The average Bonchev–Trinajstić information content (AvgIpc) is 3.44. The Labute approximate surface area is 186 Å². The van der Waals surface area contributed by atoms with Gasteiger partial charge in [0.1, 0.15) is 5.75 Å². The molecule has 6 heteroatoms. The molecule has 164 valence electrons. The van der Waals surface area contributed by atoms with E-state index in [1.54, 1.807) is 7.11 Å². The third-order valence-electron chi connectivity index (χ3n) is 7.41. The molecule has 0 bridgehead atoms. The number of benzene rings is 1. The Morgan fingerprint density at radius 1 is 1.07 bits per heavy atom. The lowest BCUT2D eigenvalue weighted by Gasteiger charge is -2.26. The number of likely N-dealkylation sites (tertiary alicyclic amines) is 2. The van der Waals surface area contributed by atoms with E-state index >= 15 is 0 Å². The Kier molecular flexibility index (Phi) is 6.71. The largest absolute Gasteiger partial charge is 0.497 e. The number of methoxy groups -OCH3 is 1. The van der Waals surface area contributed by atoms with E-state index in [-0.39, 0.29) is 12.4 Å². The van der Waals surface area contributed by atoms with E-state index in [0.29, 0.717) is 17.9 Å². The van der Waals surface area contributed by atoms with E-state index in [1.165, 1.54) is 49.9 Å². The number of ether oxygens (including phenoxy) is 1. The summed E-state index contributed by atoms with van der Waals surface area (Å²) in [5, 5.41) is 4.42. The van der Waals surface area contributed by atoms with Gasteiger partial charge in [-0.1, -0.05) is 36.6 Å². The molecule has 0 amide bonds. The molecule has 1 saturated carbocycles. The van der Waals surface area contributed by atoms with Gasteiger partial charge in [0.25, 0.3) is 0 Å². The first-order valence-corrected chi connectivity index (χ1v) is 11.2. The second kappa shape index (κ2) is 9.29. The molecule has 3 aliphatic rings. The van der Waals surface area contributed by atoms with Crippen molar-refractivity contribution in [2.24, 2.45) is 11.8 Å². The molecule has 5 rings (SSSR count). The van der Waals surface area contributed by atoms with E-state index < -0.39 is 0 Å². The fourth-order valence-corrected chi connectivity index (χ4v) is 6.00. The second-order valence-electron chi connectivity index (χ2n) is 9.33. The number of fused-ring (bicyclic) bond motifs is 1. The highest BCUT2D eigenvalue weighted by atomic mass is 35.5. The molecule has 30 heavy (non-hydrogen) atoms. The summed E-state index contributed by atoms with van der Waals surface area (Å²) in [4.78, 5) is 5.11. The Bertz CT molecular complexity index is 818. The van der Waals surface area contributed by atoms with Crippen molar-refractivity contribution < 1.29 is 9.26 Å². The van der Waals surface area contributed by atoms with Crippen molar-refractivity contribution in [3.05, 3.63) is 47.3 Å². The number of hydrogen-bond donors (Lipinski definition) is 0. The predicted molar refractivity (Wildman–Crippen MR) is 120 cm³/mol. The molecular formula is C24H34ClN3O2. The van der Waals surface area contributed by atoms with Crippen LogP contribution in [-0.2, 0) is 6.54 Å². The highest BCUT2D eigenvalue weighted by Gasteiger charge is 2.46. The number of hydrogen-bond acceptors (Lipinski definition) is 5. The molecule has 3 atom stereocenters. The van der Waals surface area contributed by atoms with Crippen molar-refractivity contribution in [2.45, 2.75) is 50.6 Å². The van der Waals surface area contributed by atoms with Gasteiger partial charge in [0.2, 0.25) is 0 Å². The molecule has 2 aliphatic heterocycles. The van der Waals surface area contributed by atoms with Gasteiger partial charge in [-0.05, 0) is 49.4 Å². The van der Waals surface area contributed by atoms with E-state index in [0.717, 1.165) is 37.1 Å². The van der Waals surface area contributed by atoms with Crippen LogP contribution in [0.1, 0.15) is 61.1 Å². The summed E-state index contributed by atoms with van der Waals surface area (Å²) in [6.45, 7) is 4.35. The number of halogens is 1. The van der Waals surface area contributed by atoms with Gasteiger partial charge in [0.15, 0.2) is 5.76 Å². The van der Waals surface area contributed by atoms with E-state index in [4.69, 9.17) is 9.26 Å². The normalized spacial score (nSPS) is 27.7. The van der Waals surface area contributed by atoms with Gasteiger partial charge in [-0.3, -0.25) is 9.80 Å². The van der Waals surface area contributed by atoms with E-state index in [9.17, 15) is 0 Å². The van der Waals surface area contributed by atoms with E-state index in [2.05, 4.69) is 52.3 Å². The van der Waals surface area contributed by atoms with Crippen molar-refractivity contribution in [3.8, 4) is 5.75 Å². The minimum absolute atomic E-state index is 0. The maximum Gasteiger partial charge on any atom is 0.150 e. The van der Waals surface area contributed by atoms with Crippen LogP contribution in [0.5, 0.6) is 5.75 Å². The average molecular weight is 432 g/mol. The van der Waals surface area contributed by atoms with E-state index in [1.807, 2.05) is 0 Å². The zero-order valence-electron chi connectivity index (χ0n) is 18.1. The molecule has 0 N–H and O–H groups in total. The zero-order valence-corrected chi connectivity index (χ0v) is 18.9. The molecule has 0 radical (unpaired) electrons. The molecule has 1 aliphatic carbocycles. The molecule has 3 fully saturated rings. The Morgan fingerprint density at radius 2 is 1.83 bits per heavy atom. The smallest absolute Gasteiger partial charge is 0.150 e. The molecule has 2 aromatic rings. The highest BCUT2D eigenvalue weighted by molar-refractivity contribution is 5.85. The van der Waals surface area contributed by atoms with Crippen LogP contribution in [0.2, 0.25) is 0 Å². The fraction of sp³-hybridized carbons (Fsp3) is 0.625. The molecule has 0 spiro atoms. The molecule has 3 heterocycles. The first-order chi connectivity index (χ1) is 14.2. The number of aromatic nitrogens is 1. The summed E-state index contributed by atoms with van der Waals surface area (Å²) in [7, 11) is 4.00. The van der Waals surface area contributed by atoms with Crippen molar-refractivity contribution >= 4 is 12.4 Å². The third kappa shape index (κ3) is 4.25. The monoisotopic (exact) mass is 431 g/mol. The van der Waals surface area contributed by atoms with Crippen LogP contribution in [0, 0.1) is 11.8 Å². The van der Waals surface area contributed by atoms with Gasteiger partial charge in [0.05, 0.1) is 19.3 Å². The summed E-state index contributed by atoms with van der Waals surface area (Å²) in [6.07, 6.45) is 6.60. The third-order valence-corrected chi connectivity index (χ3v) is 7.41. The molecule has 1 aromatic carbocycles. The van der Waals surface area contributed by atoms with Crippen LogP contribution in [0.3, 0.4) is 0 Å². The van der Waals surface area contributed by atoms with Crippen molar-refractivity contribution in [1.29, 1.82) is 0 Å². The Hall–Kier alpha value is -1.56. The SMILES string of the molecule is COc1ccc([C@@H]2[C@@H]3CN(Cc4cc(C5CCCCC5)no4)C[C@@H]3CN2C)cc1.Cl. The summed E-state index contributed by atoms with van der Waals surface area (Å²) < 4.78 is 11.1. The lowest BCUT2D eigenvalue weighted by Crippen LogP contribution is -2.28. The summed E-state index contributed by atoms with van der Waals surface area (Å²) in [5.41, 5.74) is 2.59. The lowest BCUT2D eigenvalue weighted by molar-refractivity contribution is 0.210. The quantitative estimate of drug-likeness (QED) is 0.674. The van der Waals surface area contributed by atoms with Gasteiger partial charge in [0, 0.05) is 37.7 Å². The molecular weight excluding hydrogens is 398 g/mol. The maximum atomic E-state index is 5.74. The molecule has 2 saturated heterocycles. The van der Waals surface area contributed by atoms with Crippen LogP contribution < -0.4 is 4.74 Å². The van der Waals surface area contributed by atoms with Crippen LogP contribution in [-0.4, -0.2) is 48.7 Å². The lowest BCUT2D eigenvalue weighted by atomic mass is 9.87. The zero-order chi connectivity index (χ0) is 19.8. The first kappa shape index (κ1) is 21.7. The predicted octanol–water partition coefficient (Wildman–Crippen LogP) is 4.89. The van der Waals surface area contributed by atoms with Gasteiger partial charge in [-0.15, -0.1) is 12.4 Å². The van der Waals surface area contributed by atoms with Gasteiger partial charge in [-0.2, -0.15) is 0 Å².